The van der Waals surface area contributed by atoms with Gasteiger partial charge in [0.25, 0.3) is 0 Å². The maximum Gasteiger partial charge on any atom is 0.0518 e. The number of nitrogens with zero attached hydrogens (tertiary/aromatic N) is 2. The average Bonchev–Trinajstić information content (AvgIpc) is 2.54. The van der Waals surface area contributed by atoms with Gasteiger partial charge in [0.05, 0.1) is 6.20 Å². The number of aromatic nitrogens is 2. The highest BCUT2D eigenvalue weighted by Crippen LogP contribution is 2.05. The first-order valence-electron chi connectivity index (χ1n) is 5.67. The second-order valence-electron chi connectivity index (χ2n) is 3.82. The first kappa shape index (κ1) is 13.2. The van der Waals surface area contributed by atoms with Gasteiger partial charge in [0.2, 0.25) is 0 Å². The summed E-state index contributed by atoms with van der Waals surface area (Å²) in [6.45, 7) is 11.7. The quantitative estimate of drug-likeness (QED) is 0.718. The van der Waals surface area contributed by atoms with Crippen LogP contribution in [0.3, 0.4) is 0 Å². The Kier molecular flexibility index (Phi) is 7.17. The van der Waals surface area contributed by atoms with Gasteiger partial charge in [-0.1, -0.05) is 27.7 Å². The van der Waals surface area contributed by atoms with Crippen molar-refractivity contribution in [3.05, 3.63) is 18.0 Å². The van der Waals surface area contributed by atoms with Gasteiger partial charge in [-0.3, -0.25) is 4.68 Å². The third kappa shape index (κ3) is 5.79. The minimum atomic E-state index is 0.807. The van der Waals surface area contributed by atoms with Crippen molar-refractivity contribution in [2.75, 3.05) is 0 Å². The van der Waals surface area contributed by atoms with Crippen LogP contribution in [0.1, 0.15) is 46.1 Å². The van der Waals surface area contributed by atoms with Crippen molar-refractivity contribution in [1.29, 1.82) is 0 Å². The molecule has 0 aromatic carbocycles. The van der Waals surface area contributed by atoms with Gasteiger partial charge >= 0.3 is 0 Å². The van der Waals surface area contributed by atoms with Crippen molar-refractivity contribution in [3.8, 4) is 0 Å². The molecule has 0 aliphatic rings. The molecule has 82 valence electrons. The van der Waals surface area contributed by atoms with E-state index in [9.17, 15) is 0 Å². The molecule has 2 nitrogen and oxygen atoms in total. The molecule has 0 saturated heterocycles. The molecule has 2 heteroatoms. The molecule has 1 aromatic rings. The molecule has 1 rings (SSSR count). The van der Waals surface area contributed by atoms with Gasteiger partial charge in [0.15, 0.2) is 0 Å². The Morgan fingerprint density at radius 2 is 2.00 bits per heavy atom. The number of aryl methyl sites for hydroxylation is 2. The summed E-state index contributed by atoms with van der Waals surface area (Å²) >= 11 is 0. The van der Waals surface area contributed by atoms with Crippen LogP contribution in [-0.2, 0) is 6.54 Å². The molecular formula is C12H24N2. The van der Waals surface area contributed by atoms with Crippen LogP contribution in [0.25, 0.3) is 0 Å². The highest BCUT2D eigenvalue weighted by atomic mass is 15.3. The lowest BCUT2D eigenvalue weighted by atomic mass is 10.1. The zero-order chi connectivity index (χ0) is 11.0. The summed E-state index contributed by atoms with van der Waals surface area (Å²) in [6.07, 6.45) is 6.54. The van der Waals surface area contributed by atoms with Crippen LogP contribution in [0.15, 0.2) is 12.4 Å². The zero-order valence-corrected chi connectivity index (χ0v) is 10.2. The van der Waals surface area contributed by atoms with Crippen LogP contribution in [0.5, 0.6) is 0 Å². The monoisotopic (exact) mass is 196 g/mol. The lowest BCUT2D eigenvalue weighted by Crippen LogP contribution is -1.99. The summed E-state index contributed by atoms with van der Waals surface area (Å²) in [5.41, 5.74) is 1.25. The Morgan fingerprint density at radius 3 is 2.43 bits per heavy atom. The van der Waals surface area contributed by atoms with Crippen LogP contribution >= 0.6 is 0 Å². The normalized spacial score (nSPS) is 9.86. The summed E-state index contributed by atoms with van der Waals surface area (Å²) < 4.78 is 2.03. The second-order valence-corrected chi connectivity index (χ2v) is 3.82. The molecule has 1 aromatic heterocycles. The van der Waals surface area contributed by atoms with E-state index < -0.39 is 0 Å². The largest absolute Gasteiger partial charge is 0.272 e. The molecule has 0 bridgehead atoms. The maximum absolute atomic E-state index is 4.23. The van der Waals surface area contributed by atoms with Crippen molar-refractivity contribution in [1.82, 2.24) is 9.78 Å². The van der Waals surface area contributed by atoms with Crippen molar-refractivity contribution in [3.63, 3.8) is 0 Å². The fourth-order valence-electron chi connectivity index (χ4n) is 1.25. The molecule has 0 aliphatic carbocycles. The van der Waals surface area contributed by atoms with E-state index in [2.05, 4.69) is 32.1 Å². The van der Waals surface area contributed by atoms with E-state index >= 15 is 0 Å². The number of rotatable bonds is 4. The maximum atomic E-state index is 4.23. The molecule has 14 heavy (non-hydrogen) atoms. The third-order valence-electron chi connectivity index (χ3n) is 1.93. The molecule has 0 amide bonds. The van der Waals surface area contributed by atoms with Crippen molar-refractivity contribution >= 4 is 0 Å². The van der Waals surface area contributed by atoms with E-state index in [0.29, 0.717) is 0 Å². The van der Waals surface area contributed by atoms with Gasteiger partial charge in [-0.05, 0) is 31.2 Å². The first-order valence-corrected chi connectivity index (χ1v) is 5.67. The topological polar surface area (TPSA) is 17.8 Å². The molecular weight excluding hydrogens is 172 g/mol. The smallest absolute Gasteiger partial charge is 0.0518 e. The summed E-state index contributed by atoms with van der Waals surface area (Å²) in [4.78, 5) is 0. The molecule has 0 atom stereocenters. The van der Waals surface area contributed by atoms with E-state index in [1.54, 1.807) is 0 Å². The summed E-state index contributed by atoms with van der Waals surface area (Å²) in [7, 11) is 0. The lowest BCUT2D eigenvalue weighted by Gasteiger charge is -2.03. The number of hydrogen-bond acceptors (Lipinski definition) is 1. The Labute approximate surface area is 88.3 Å². The van der Waals surface area contributed by atoms with Gasteiger partial charge in [-0.2, -0.15) is 5.10 Å². The minimum Gasteiger partial charge on any atom is -0.272 e. The van der Waals surface area contributed by atoms with Gasteiger partial charge < -0.3 is 0 Å². The predicted molar refractivity (Wildman–Crippen MR) is 62.4 cm³/mol. The highest BCUT2D eigenvalue weighted by Gasteiger charge is 1.96. The predicted octanol–water partition coefficient (Wildman–Crippen LogP) is 3.65. The SMILES string of the molecule is CC.Cc1cnn(CCCC(C)C)c1. The Hall–Kier alpha value is -0.790. The van der Waals surface area contributed by atoms with Crippen LogP contribution in [0.4, 0.5) is 0 Å². The van der Waals surface area contributed by atoms with Crippen LogP contribution in [-0.4, -0.2) is 9.78 Å². The van der Waals surface area contributed by atoms with Crippen LogP contribution in [0, 0.1) is 12.8 Å². The molecule has 0 spiro atoms. The summed E-state index contributed by atoms with van der Waals surface area (Å²) in [6, 6.07) is 0. The van der Waals surface area contributed by atoms with Crippen LogP contribution < -0.4 is 0 Å². The van der Waals surface area contributed by atoms with Gasteiger partial charge in [0, 0.05) is 12.7 Å². The van der Waals surface area contributed by atoms with E-state index in [1.165, 1.54) is 18.4 Å². The fourth-order valence-corrected chi connectivity index (χ4v) is 1.25. The van der Waals surface area contributed by atoms with Gasteiger partial charge in [-0.15, -0.1) is 0 Å². The Balaban J connectivity index is 0.000000791. The third-order valence-corrected chi connectivity index (χ3v) is 1.93. The van der Waals surface area contributed by atoms with Crippen molar-refractivity contribution < 1.29 is 0 Å². The van der Waals surface area contributed by atoms with E-state index in [0.717, 1.165) is 12.5 Å². The van der Waals surface area contributed by atoms with Gasteiger partial charge in [-0.25, -0.2) is 0 Å². The van der Waals surface area contributed by atoms with Crippen LogP contribution in [0.2, 0.25) is 0 Å². The Morgan fingerprint density at radius 1 is 1.36 bits per heavy atom. The lowest BCUT2D eigenvalue weighted by molar-refractivity contribution is 0.490. The van der Waals surface area contributed by atoms with Crippen molar-refractivity contribution in [2.24, 2.45) is 5.92 Å². The minimum absolute atomic E-state index is 0.807. The highest BCUT2D eigenvalue weighted by molar-refractivity contribution is 4.99. The molecule has 1 heterocycles. The summed E-state index contributed by atoms with van der Waals surface area (Å²) in [5, 5.41) is 4.23. The molecule has 0 unspecified atom stereocenters. The summed E-state index contributed by atoms with van der Waals surface area (Å²) in [5.74, 6) is 0.807. The molecule has 0 saturated carbocycles. The van der Waals surface area contributed by atoms with Crippen molar-refractivity contribution in [2.45, 2.75) is 54.0 Å². The molecule has 0 N–H and O–H groups in total. The standard InChI is InChI=1S/C10H18N2.C2H6/c1-9(2)5-4-6-12-8-10(3)7-11-12;1-2/h7-9H,4-6H2,1-3H3;1-2H3. The fraction of sp³-hybridized carbons (Fsp3) is 0.750. The van der Waals surface area contributed by atoms with E-state index in [1.807, 2.05) is 24.7 Å². The van der Waals surface area contributed by atoms with Gasteiger partial charge in [0.1, 0.15) is 0 Å². The molecule has 0 fully saturated rings. The second kappa shape index (κ2) is 7.60. The first-order chi connectivity index (χ1) is 6.68. The molecule has 0 aliphatic heterocycles. The van der Waals surface area contributed by atoms with E-state index in [-0.39, 0.29) is 0 Å². The van der Waals surface area contributed by atoms with E-state index in [4.69, 9.17) is 0 Å². The average molecular weight is 196 g/mol. The Bertz CT molecular complexity index is 226. The zero-order valence-electron chi connectivity index (χ0n) is 10.2. The number of hydrogen-bond donors (Lipinski definition) is 0. The molecule has 0 radical (unpaired) electrons.